The predicted octanol–water partition coefficient (Wildman–Crippen LogP) is 3.37. The van der Waals surface area contributed by atoms with E-state index >= 15 is 0 Å². The summed E-state index contributed by atoms with van der Waals surface area (Å²) >= 11 is 1.51. The van der Waals surface area contributed by atoms with E-state index in [4.69, 9.17) is 5.73 Å². The molecule has 4 N–H and O–H groups in total. The standard InChI is InChI=1S/C16H21N5OS/c1-16(2,3)21-15(22)19-11-7-5-10(6-8-11)14-18-9-12(23-4)13(17)20-14/h5-9H,1-4H3,(H2,17,18,20)(H2,19,21,22). The first kappa shape index (κ1) is 17.1. The number of thioether (sulfide) groups is 1. The van der Waals surface area contributed by atoms with Crippen LogP contribution in [0.5, 0.6) is 0 Å². The lowest BCUT2D eigenvalue weighted by molar-refractivity contribution is 0.244. The Morgan fingerprint density at radius 2 is 1.87 bits per heavy atom. The van der Waals surface area contributed by atoms with Crippen LogP contribution in [0, 0.1) is 0 Å². The maximum atomic E-state index is 11.8. The topological polar surface area (TPSA) is 92.9 Å². The van der Waals surface area contributed by atoms with Crippen molar-refractivity contribution in [3.8, 4) is 11.4 Å². The van der Waals surface area contributed by atoms with E-state index in [2.05, 4.69) is 20.6 Å². The molecule has 1 heterocycles. The molecule has 0 radical (unpaired) electrons. The molecule has 2 amide bonds. The Morgan fingerprint density at radius 1 is 1.22 bits per heavy atom. The highest BCUT2D eigenvalue weighted by molar-refractivity contribution is 7.98. The summed E-state index contributed by atoms with van der Waals surface area (Å²) < 4.78 is 0. The lowest BCUT2D eigenvalue weighted by Crippen LogP contribution is -2.43. The number of carbonyl (C=O) groups is 1. The molecule has 2 aromatic rings. The SMILES string of the molecule is CSc1cnc(-c2ccc(NC(=O)NC(C)(C)C)cc2)nc1N. The Balaban J connectivity index is 2.10. The van der Waals surface area contributed by atoms with Crippen molar-refractivity contribution in [1.29, 1.82) is 0 Å². The van der Waals surface area contributed by atoms with Gasteiger partial charge in [-0.15, -0.1) is 11.8 Å². The minimum atomic E-state index is -0.283. The summed E-state index contributed by atoms with van der Waals surface area (Å²) in [5.74, 6) is 1.03. The summed E-state index contributed by atoms with van der Waals surface area (Å²) in [5.41, 5.74) is 7.14. The van der Waals surface area contributed by atoms with Crippen molar-refractivity contribution in [2.24, 2.45) is 0 Å². The first-order chi connectivity index (χ1) is 10.8. The molecule has 6 nitrogen and oxygen atoms in total. The number of aromatic nitrogens is 2. The highest BCUT2D eigenvalue weighted by Crippen LogP contribution is 2.24. The van der Waals surface area contributed by atoms with Gasteiger partial charge in [0.05, 0.1) is 4.90 Å². The zero-order chi connectivity index (χ0) is 17.0. The number of hydrogen-bond donors (Lipinski definition) is 3. The van der Waals surface area contributed by atoms with Crippen molar-refractivity contribution in [3.05, 3.63) is 30.5 Å². The van der Waals surface area contributed by atoms with Gasteiger partial charge in [0.15, 0.2) is 5.82 Å². The maximum Gasteiger partial charge on any atom is 0.319 e. The second-order valence-electron chi connectivity index (χ2n) is 6.05. The normalized spacial score (nSPS) is 11.1. The third kappa shape index (κ3) is 4.85. The fourth-order valence-corrected chi connectivity index (χ4v) is 2.30. The number of amides is 2. The van der Waals surface area contributed by atoms with E-state index in [0.29, 0.717) is 17.3 Å². The number of nitrogen functional groups attached to an aromatic ring is 1. The zero-order valence-corrected chi connectivity index (χ0v) is 14.5. The Hall–Kier alpha value is -2.28. The first-order valence-electron chi connectivity index (χ1n) is 7.14. The minimum absolute atomic E-state index is 0.241. The van der Waals surface area contributed by atoms with Gasteiger partial charge in [-0.25, -0.2) is 14.8 Å². The smallest absolute Gasteiger partial charge is 0.319 e. The van der Waals surface area contributed by atoms with Crippen LogP contribution in [0.15, 0.2) is 35.4 Å². The first-order valence-corrected chi connectivity index (χ1v) is 8.37. The van der Waals surface area contributed by atoms with E-state index in [1.165, 1.54) is 11.8 Å². The van der Waals surface area contributed by atoms with Crippen molar-refractivity contribution < 1.29 is 4.79 Å². The number of benzene rings is 1. The summed E-state index contributed by atoms with van der Waals surface area (Å²) in [6, 6.07) is 7.06. The van der Waals surface area contributed by atoms with Crippen molar-refractivity contribution in [2.45, 2.75) is 31.2 Å². The minimum Gasteiger partial charge on any atom is -0.383 e. The van der Waals surface area contributed by atoms with Crippen LogP contribution in [0.2, 0.25) is 0 Å². The molecular formula is C16H21N5OS. The van der Waals surface area contributed by atoms with E-state index in [0.717, 1.165) is 10.5 Å². The molecule has 0 aliphatic carbocycles. The Labute approximate surface area is 140 Å². The summed E-state index contributed by atoms with van der Waals surface area (Å²) in [4.78, 5) is 21.3. The van der Waals surface area contributed by atoms with E-state index in [-0.39, 0.29) is 11.6 Å². The average Bonchev–Trinajstić information content (AvgIpc) is 2.46. The van der Waals surface area contributed by atoms with Crippen LogP contribution in [-0.2, 0) is 0 Å². The molecule has 1 aromatic carbocycles. The van der Waals surface area contributed by atoms with Gasteiger partial charge in [-0.1, -0.05) is 0 Å². The van der Waals surface area contributed by atoms with Crippen molar-refractivity contribution in [2.75, 3.05) is 17.3 Å². The van der Waals surface area contributed by atoms with Gasteiger partial charge in [-0.05, 0) is 51.3 Å². The molecule has 0 atom stereocenters. The fourth-order valence-electron chi connectivity index (χ4n) is 1.89. The monoisotopic (exact) mass is 331 g/mol. The number of urea groups is 1. The fraction of sp³-hybridized carbons (Fsp3) is 0.312. The molecule has 1 aromatic heterocycles. The summed E-state index contributed by atoms with van der Waals surface area (Å²) in [6.07, 6.45) is 3.64. The van der Waals surface area contributed by atoms with E-state index in [1.807, 2.05) is 39.2 Å². The van der Waals surface area contributed by atoms with Gasteiger partial charge in [-0.2, -0.15) is 0 Å². The third-order valence-electron chi connectivity index (χ3n) is 2.89. The van der Waals surface area contributed by atoms with Crippen LogP contribution in [0.25, 0.3) is 11.4 Å². The van der Waals surface area contributed by atoms with Crippen LogP contribution >= 0.6 is 11.8 Å². The van der Waals surface area contributed by atoms with Gasteiger partial charge < -0.3 is 16.4 Å². The van der Waals surface area contributed by atoms with Gasteiger partial charge in [0.1, 0.15) is 5.82 Å². The van der Waals surface area contributed by atoms with E-state index < -0.39 is 0 Å². The number of nitrogens with two attached hydrogens (primary N) is 1. The summed E-state index contributed by atoms with van der Waals surface area (Å²) in [6.45, 7) is 5.78. The summed E-state index contributed by atoms with van der Waals surface area (Å²) in [7, 11) is 0. The number of anilines is 2. The van der Waals surface area contributed by atoms with Crippen LogP contribution in [0.4, 0.5) is 16.3 Å². The molecule has 2 rings (SSSR count). The van der Waals surface area contributed by atoms with Crippen molar-refractivity contribution in [3.63, 3.8) is 0 Å². The zero-order valence-electron chi connectivity index (χ0n) is 13.7. The van der Waals surface area contributed by atoms with E-state index in [1.54, 1.807) is 18.3 Å². The van der Waals surface area contributed by atoms with Crippen molar-refractivity contribution >= 4 is 29.3 Å². The van der Waals surface area contributed by atoms with Crippen LogP contribution in [-0.4, -0.2) is 27.8 Å². The molecule has 0 saturated heterocycles. The molecule has 0 spiro atoms. The number of nitrogens with zero attached hydrogens (tertiary/aromatic N) is 2. The summed E-state index contributed by atoms with van der Waals surface area (Å²) in [5, 5.41) is 5.63. The molecule has 0 fully saturated rings. The second-order valence-corrected chi connectivity index (χ2v) is 6.90. The average molecular weight is 331 g/mol. The lowest BCUT2D eigenvalue weighted by atomic mass is 10.1. The van der Waals surface area contributed by atoms with Crippen molar-refractivity contribution in [1.82, 2.24) is 15.3 Å². The number of carbonyl (C=O) groups excluding carboxylic acids is 1. The molecule has 0 aliphatic heterocycles. The van der Waals surface area contributed by atoms with Gasteiger partial charge >= 0.3 is 6.03 Å². The number of nitrogens with one attached hydrogen (secondary N) is 2. The molecular weight excluding hydrogens is 310 g/mol. The molecule has 0 bridgehead atoms. The Morgan fingerprint density at radius 3 is 2.39 bits per heavy atom. The van der Waals surface area contributed by atoms with Gasteiger partial charge in [-0.3, -0.25) is 0 Å². The molecule has 23 heavy (non-hydrogen) atoms. The molecule has 7 heteroatoms. The Kier molecular flexibility index (Phi) is 5.10. The molecule has 0 unspecified atom stereocenters. The third-order valence-corrected chi connectivity index (χ3v) is 3.65. The van der Waals surface area contributed by atoms with Gasteiger partial charge in [0, 0.05) is 23.0 Å². The largest absolute Gasteiger partial charge is 0.383 e. The quantitative estimate of drug-likeness (QED) is 0.750. The Bertz CT molecular complexity index is 695. The van der Waals surface area contributed by atoms with Crippen LogP contribution in [0.3, 0.4) is 0 Å². The van der Waals surface area contributed by atoms with E-state index in [9.17, 15) is 4.79 Å². The molecule has 0 saturated carbocycles. The molecule has 122 valence electrons. The number of hydrogen-bond acceptors (Lipinski definition) is 5. The number of rotatable bonds is 3. The van der Waals surface area contributed by atoms with Crippen LogP contribution < -0.4 is 16.4 Å². The predicted molar refractivity (Wildman–Crippen MR) is 95.6 cm³/mol. The highest BCUT2D eigenvalue weighted by atomic mass is 32.2. The van der Waals surface area contributed by atoms with Gasteiger partial charge in [0.2, 0.25) is 0 Å². The van der Waals surface area contributed by atoms with Gasteiger partial charge in [0.25, 0.3) is 0 Å². The maximum absolute atomic E-state index is 11.8. The second kappa shape index (κ2) is 6.87. The lowest BCUT2D eigenvalue weighted by Gasteiger charge is -2.20. The molecule has 0 aliphatic rings. The van der Waals surface area contributed by atoms with Crippen LogP contribution in [0.1, 0.15) is 20.8 Å². The highest BCUT2D eigenvalue weighted by Gasteiger charge is 2.13.